The number of aryl methyl sites for hydroxylation is 1. The number of alkyl halides is 1. The topological polar surface area (TPSA) is 37.8 Å². The number of hydrogen-bond acceptors (Lipinski definition) is 4. The molecule has 1 aromatic heterocycles. The minimum absolute atomic E-state index is 0.118. The van der Waals surface area contributed by atoms with Crippen molar-refractivity contribution in [2.45, 2.75) is 26.3 Å². The van der Waals surface area contributed by atoms with Crippen LogP contribution >= 0.6 is 22.9 Å². The smallest absolute Gasteiger partial charge is 0.206 e. The lowest BCUT2D eigenvalue weighted by Gasteiger charge is -2.21. The fourth-order valence-electron chi connectivity index (χ4n) is 0.670. The van der Waals surface area contributed by atoms with Crippen LogP contribution in [0.4, 0.5) is 5.13 Å². The van der Waals surface area contributed by atoms with Gasteiger partial charge < -0.3 is 5.32 Å². The van der Waals surface area contributed by atoms with E-state index in [0.717, 1.165) is 10.1 Å². The molecule has 0 aliphatic rings. The monoisotopic (exact) mass is 205 g/mol. The molecule has 0 atom stereocenters. The zero-order chi connectivity index (χ0) is 9.19. The third-order valence-corrected chi connectivity index (χ3v) is 2.73. The second-order valence-electron chi connectivity index (χ2n) is 3.27. The number of nitrogens with zero attached hydrogens (tertiary/aromatic N) is 2. The van der Waals surface area contributed by atoms with Crippen molar-refractivity contribution in [1.29, 1.82) is 0 Å². The van der Waals surface area contributed by atoms with E-state index in [1.165, 1.54) is 11.3 Å². The van der Waals surface area contributed by atoms with Crippen molar-refractivity contribution in [3.63, 3.8) is 0 Å². The first-order valence-corrected chi connectivity index (χ1v) is 5.03. The fraction of sp³-hybridized carbons (Fsp3) is 0.714. The van der Waals surface area contributed by atoms with Crippen molar-refractivity contribution < 1.29 is 0 Å². The Hall–Kier alpha value is -0.350. The highest BCUT2D eigenvalue weighted by atomic mass is 35.5. The largest absolute Gasteiger partial charge is 0.354 e. The molecule has 0 radical (unpaired) electrons. The number of aromatic nitrogens is 2. The van der Waals surface area contributed by atoms with Gasteiger partial charge in [-0.05, 0) is 20.8 Å². The molecule has 0 aliphatic heterocycles. The van der Waals surface area contributed by atoms with Gasteiger partial charge in [0.15, 0.2) is 0 Å². The van der Waals surface area contributed by atoms with Crippen LogP contribution in [0.5, 0.6) is 0 Å². The molecule has 0 bridgehead atoms. The van der Waals surface area contributed by atoms with E-state index in [1.54, 1.807) is 0 Å². The molecule has 0 spiro atoms. The van der Waals surface area contributed by atoms with Crippen molar-refractivity contribution in [1.82, 2.24) is 10.2 Å². The van der Waals surface area contributed by atoms with E-state index in [-0.39, 0.29) is 5.54 Å². The molecule has 5 heteroatoms. The first-order valence-electron chi connectivity index (χ1n) is 3.68. The summed E-state index contributed by atoms with van der Waals surface area (Å²) in [4.78, 5) is 0. The number of anilines is 1. The van der Waals surface area contributed by atoms with E-state index in [4.69, 9.17) is 11.6 Å². The van der Waals surface area contributed by atoms with Crippen molar-refractivity contribution in [3.8, 4) is 0 Å². The molecule has 0 amide bonds. The number of rotatable bonds is 3. The minimum Gasteiger partial charge on any atom is -0.354 e. The lowest BCUT2D eigenvalue weighted by Crippen LogP contribution is -2.32. The van der Waals surface area contributed by atoms with Gasteiger partial charge in [-0.25, -0.2) is 0 Å². The number of halogens is 1. The SMILES string of the molecule is Cc1nnc(NC(C)(C)CCl)s1. The summed E-state index contributed by atoms with van der Waals surface area (Å²) in [6.45, 7) is 5.98. The van der Waals surface area contributed by atoms with E-state index in [2.05, 4.69) is 15.5 Å². The fourth-order valence-corrected chi connectivity index (χ4v) is 1.51. The molecular weight excluding hydrogens is 194 g/mol. The second-order valence-corrected chi connectivity index (χ2v) is 4.72. The molecule has 12 heavy (non-hydrogen) atoms. The van der Waals surface area contributed by atoms with E-state index >= 15 is 0 Å². The van der Waals surface area contributed by atoms with Crippen LogP contribution in [0.15, 0.2) is 0 Å². The summed E-state index contributed by atoms with van der Waals surface area (Å²) < 4.78 is 0. The maximum absolute atomic E-state index is 5.74. The third-order valence-electron chi connectivity index (χ3n) is 1.31. The van der Waals surface area contributed by atoms with Crippen molar-refractivity contribution >= 4 is 28.1 Å². The Morgan fingerprint density at radius 2 is 2.17 bits per heavy atom. The van der Waals surface area contributed by atoms with Gasteiger partial charge in [-0.3, -0.25) is 0 Å². The lowest BCUT2D eigenvalue weighted by atomic mass is 10.1. The van der Waals surface area contributed by atoms with E-state index in [0.29, 0.717) is 5.88 Å². The lowest BCUT2D eigenvalue weighted by molar-refractivity contribution is 0.639. The zero-order valence-corrected chi connectivity index (χ0v) is 8.96. The van der Waals surface area contributed by atoms with E-state index in [1.807, 2.05) is 20.8 Å². The molecule has 1 rings (SSSR count). The minimum atomic E-state index is -0.118. The molecule has 0 fully saturated rings. The summed E-state index contributed by atoms with van der Waals surface area (Å²) in [7, 11) is 0. The molecule has 68 valence electrons. The van der Waals surface area contributed by atoms with Gasteiger partial charge in [0.2, 0.25) is 5.13 Å². The molecule has 1 heterocycles. The summed E-state index contributed by atoms with van der Waals surface area (Å²) in [6.07, 6.45) is 0. The van der Waals surface area contributed by atoms with Crippen LogP contribution in [0.2, 0.25) is 0 Å². The molecule has 0 aromatic carbocycles. The van der Waals surface area contributed by atoms with Gasteiger partial charge in [0.25, 0.3) is 0 Å². The van der Waals surface area contributed by atoms with Crippen molar-refractivity contribution in [2.75, 3.05) is 11.2 Å². The second kappa shape index (κ2) is 3.58. The van der Waals surface area contributed by atoms with E-state index < -0.39 is 0 Å². The molecule has 0 saturated carbocycles. The first kappa shape index (κ1) is 9.74. The van der Waals surface area contributed by atoms with Crippen LogP contribution in [-0.2, 0) is 0 Å². The van der Waals surface area contributed by atoms with Gasteiger partial charge in [-0.1, -0.05) is 11.3 Å². The Morgan fingerprint density at radius 1 is 1.50 bits per heavy atom. The van der Waals surface area contributed by atoms with Crippen LogP contribution in [-0.4, -0.2) is 21.6 Å². The Morgan fingerprint density at radius 3 is 2.58 bits per heavy atom. The highest BCUT2D eigenvalue weighted by molar-refractivity contribution is 7.15. The van der Waals surface area contributed by atoms with Crippen LogP contribution in [0.25, 0.3) is 0 Å². The summed E-state index contributed by atoms with van der Waals surface area (Å²) in [6, 6.07) is 0. The summed E-state index contributed by atoms with van der Waals surface area (Å²) in [5.74, 6) is 0.547. The molecule has 0 unspecified atom stereocenters. The molecule has 0 saturated heterocycles. The van der Waals surface area contributed by atoms with Crippen LogP contribution < -0.4 is 5.32 Å². The van der Waals surface area contributed by atoms with Crippen molar-refractivity contribution in [3.05, 3.63) is 5.01 Å². The number of hydrogen-bond donors (Lipinski definition) is 1. The molecular formula is C7H12ClN3S. The van der Waals surface area contributed by atoms with Gasteiger partial charge in [0.05, 0.1) is 0 Å². The maximum atomic E-state index is 5.74. The van der Waals surface area contributed by atoms with Gasteiger partial charge in [-0.2, -0.15) is 0 Å². The van der Waals surface area contributed by atoms with Gasteiger partial charge >= 0.3 is 0 Å². The van der Waals surface area contributed by atoms with Gasteiger partial charge in [0.1, 0.15) is 5.01 Å². The Kier molecular flexibility index (Phi) is 2.90. The zero-order valence-electron chi connectivity index (χ0n) is 7.39. The average Bonchev–Trinajstić information content (AvgIpc) is 2.35. The van der Waals surface area contributed by atoms with E-state index in [9.17, 15) is 0 Å². The third kappa shape index (κ3) is 2.60. The molecule has 1 N–H and O–H groups in total. The highest BCUT2D eigenvalue weighted by Gasteiger charge is 2.17. The Bertz CT molecular complexity index is 259. The predicted octanol–water partition coefficient (Wildman–Crippen LogP) is 2.28. The average molecular weight is 206 g/mol. The quantitative estimate of drug-likeness (QED) is 0.770. The molecule has 3 nitrogen and oxygen atoms in total. The summed E-state index contributed by atoms with van der Waals surface area (Å²) in [5, 5.41) is 12.8. The molecule has 1 aromatic rings. The van der Waals surface area contributed by atoms with Gasteiger partial charge in [-0.15, -0.1) is 21.8 Å². The Labute approximate surface area is 81.2 Å². The van der Waals surface area contributed by atoms with Gasteiger partial charge in [0, 0.05) is 11.4 Å². The van der Waals surface area contributed by atoms with Crippen LogP contribution in [0.1, 0.15) is 18.9 Å². The molecule has 0 aliphatic carbocycles. The standard InChI is InChI=1S/C7H12ClN3S/c1-5-10-11-6(12-5)9-7(2,3)4-8/h4H2,1-3H3,(H,9,11). The van der Waals surface area contributed by atoms with Crippen LogP contribution in [0, 0.1) is 6.92 Å². The summed E-state index contributed by atoms with van der Waals surface area (Å²) in [5.41, 5.74) is -0.118. The highest BCUT2D eigenvalue weighted by Crippen LogP contribution is 2.19. The van der Waals surface area contributed by atoms with Crippen molar-refractivity contribution in [2.24, 2.45) is 0 Å². The van der Waals surface area contributed by atoms with Crippen LogP contribution in [0.3, 0.4) is 0 Å². The maximum Gasteiger partial charge on any atom is 0.206 e. The number of nitrogens with one attached hydrogen (secondary N) is 1. The first-order chi connectivity index (χ1) is 5.53. The Balaban J connectivity index is 2.63. The predicted molar refractivity (Wildman–Crippen MR) is 53.1 cm³/mol. The summed E-state index contributed by atoms with van der Waals surface area (Å²) >= 11 is 7.28. The normalized spacial score (nSPS) is 11.7.